The van der Waals surface area contributed by atoms with E-state index >= 15 is 0 Å². The van der Waals surface area contributed by atoms with Gasteiger partial charge in [0.1, 0.15) is 16.3 Å². The third-order valence-electron chi connectivity index (χ3n) is 5.82. The summed E-state index contributed by atoms with van der Waals surface area (Å²) in [6.07, 6.45) is 0. The van der Waals surface area contributed by atoms with Gasteiger partial charge in [-0.2, -0.15) is 0 Å². The number of carbonyl (C=O) groups is 1. The minimum atomic E-state index is -0.428. The Bertz CT molecular complexity index is 1290. The van der Waals surface area contributed by atoms with Crippen LogP contribution >= 0.6 is 11.3 Å². The minimum Gasteiger partial charge on any atom is -0.465 e. The van der Waals surface area contributed by atoms with E-state index in [1.807, 2.05) is 67.6 Å². The molecular formula is C25H24N6O2S. The topological polar surface area (TPSA) is 84.3 Å². The minimum absolute atomic E-state index is 0.428. The number of benzene rings is 2. The molecule has 1 fully saturated rings. The van der Waals surface area contributed by atoms with Crippen LogP contribution in [0.3, 0.4) is 0 Å². The van der Waals surface area contributed by atoms with Gasteiger partial charge in [-0.05, 0) is 12.5 Å². The van der Waals surface area contributed by atoms with Crippen molar-refractivity contribution in [2.24, 2.45) is 0 Å². The van der Waals surface area contributed by atoms with Crippen LogP contribution < -0.4 is 9.80 Å². The van der Waals surface area contributed by atoms with Gasteiger partial charge in [-0.3, -0.25) is 0 Å². The van der Waals surface area contributed by atoms with Crippen LogP contribution in [0.5, 0.6) is 0 Å². The number of esters is 1. The average Bonchev–Trinajstić information content (AvgIpc) is 3.34. The predicted octanol–water partition coefficient (Wildman–Crippen LogP) is 4.08. The Morgan fingerprint density at radius 2 is 1.44 bits per heavy atom. The van der Waals surface area contributed by atoms with Crippen molar-refractivity contribution >= 4 is 28.3 Å². The van der Waals surface area contributed by atoms with Gasteiger partial charge >= 0.3 is 5.97 Å². The zero-order valence-electron chi connectivity index (χ0n) is 19.0. The standard InChI is InChI=1S/C25H24N6O2S/c1-17-26-29-25(34-17)31-15-13-30(14-16-31)23-21(24(32)33-2)20(18-9-5-3-6-10-18)22(27-28-23)19-11-7-4-8-12-19/h3-12H,13-16H2,1-2H3. The van der Waals surface area contributed by atoms with Gasteiger partial charge in [0, 0.05) is 37.3 Å². The van der Waals surface area contributed by atoms with Gasteiger partial charge in [0.05, 0.1) is 7.11 Å². The highest BCUT2D eigenvalue weighted by Crippen LogP contribution is 2.37. The largest absolute Gasteiger partial charge is 0.465 e. The Hall–Kier alpha value is -3.85. The van der Waals surface area contributed by atoms with E-state index < -0.39 is 5.97 Å². The maximum absolute atomic E-state index is 13.2. The molecule has 5 rings (SSSR count). The van der Waals surface area contributed by atoms with Crippen LogP contribution in [-0.4, -0.2) is 59.7 Å². The maximum atomic E-state index is 13.2. The number of hydrogen-bond acceptors (Lipinski definition) is 9. The summed E-state index contributed by atoms with van der Waals surface area (Å²) in [4.78, 5) is 17.5. The fourth-order valence-corrected chi connectivity index (χ4v) is 4.89. The van der Waals surface area contributed by atoms with Crippen LogP contribution in [0, 0.1) is 6.92 Å². The number of hydrogen-bond donors (Lipinski definition) is 0. The molecule has 9 heteroatoms. The van der Waals surface area contributed by atoms with Crippen LogP contribution in [0.25, 0.3) is 22.4 Å². The molecule has 4 aromatic rings. The summed E-state index contributed by atoms with van der Waals surface area (Å²) in [6, 6.07) is 19.6. The van der Waals surface area contributed by atoms with Gasteiger partial charge in [-0.15, -0.1) is 20.4 Å². The smallest absolute Gasteiger partial charge is 0.342 e. The van der Waals surface area contributed by atoms with Gasteiger partial charge in [-0.1, -0.05) is 72.0 Å². The summed E-state index contributed by atoms with van der Waals surface area (Å²) in [6.45, 7) is 4.80. The van der Waals surface area contributed by atoms with Crippen LogP contribution in [-0.2, 0) is 4.74 Å². The number of carbonyl (C=O) groups excluding carboxylic acids is 1. The normalized spacial score (nSPS) is 13.7. The highest BCUT2D eigenvalue weighted by Gasteiger charge is 2.30. The molecule has 3 heterocycles. The lowest BCUT2D eigenvalue weighted by Crippen LogP contribution is -2.47. The van der Waals surface area contributed by atoms with E-state index in [0.717, 1.165) is 39.9 Å². The van der Waals surface area contributed by atoms with E-state index in [0.29, 0.717) is 30.2 Å². The number of aryl methyl sites for hydroxylation is 1. The highest BCUT2D eigenvalue weighted by molar-refractivity contribution is 7.15. The fraction of sp³-hybridized carbons (Fsp3) is 0.240. The predicted molar refractivity (Wildman–Crippen MR) is 133 cm³/mol. The molecule has 8 nitrogen and oxygen atoms in total. The molecule has 2 aromatic heterocycles. The number of anilines is 2. The van der Waals surface area contributed by atoms with Crippen molar-refractivity contribution in [2.75, 3.05) is 43.1 Å². The quantitative estimate of drug-likeness (QED) is 0.402. The Kier molecular flexibility index (Phi) is 6.18. The Labute approximate surface area is 201 Å². The van der Waals surface area contributed by atoms with Crippen LogP contribution in [0.15, 0.2) is 60.7 Å². The van der Waals surface area contributed by atoms with Crippen LogP contribution in [0.2, 0.25) is 0 Å². The van der Waals surface area contributed by atoms with E-state index in [1.165, 1.54) is 7.11 Å². The first-order valence-corrected chi connectivity index (χ1v) is 11.9. The van der Waals surface area contributed by atoms with Crippen molar-refractivity contribution in [2.45, 2.75) is 6.92 Å². The number of piperazine rings is 1. The van der Waals surface area contributed by atoms with Crippen molar-refractivity contribution in [3.05, 3.63) is 71.2 Å². The molecule has 0 atom stereocenters. The zero-order valence-corrected chi connectivity index (χ0v) is 19.8. The molecule has 172 valence electrons. The van der Waals surface area contributed by atoms with E-state index in [4.69, 9.17) is 4.74 Å². The van der Waals surface area contributed by atoms with E-state index in [-0.39, 0.29) is 0 Å². The molecule has 0 radical (unpaired) electrons. The number of rotatable bonds is 5. The van der Waals surface area contributed by atoms with Crippen molar-refractivity contribution in [3.63, 3.8) is 0 Å². The first kappa shape index (κ1) is 22.0. The van der Waals surface area contributed by atoms with Gasteiger partial charge in [0.25, 0.3) is 0 Å². The molecule has 0 aliphatic carbocycles. The number of methoxy groups -OCH3 is 1. The van der Waals surface area contributed by atoms with Crippen LogP contribution in [0.1, 0.15) is 15.4 Å². The summed E-state index contributed by atoms with van der Waals surface area (Å²) in [5.41, 5.74) is 3.59. The molecule has 2 aromatic carbocycles. The second kappa shape index (κ2) is 9.56. The average molecular weight is 473 g/mol. The van der Waals surface area contributed by atoms with Gasteiger partial charge in [-0.25, -0.2) is 4.79 Å². The van der Waals surface area contributed by atoms with Crippen molar-refractivity contribution in [3.8, 4) is 22.4 Å². The SMILES string of the molecule is COC(=O)c1c(N2CCN(c3nnc(C)s3)CC2)nnc(-c2ccccc2)c1-c1ccccc1. The second-order valence-corrected chi connectivity index (χ2v) is 9.08. The molecule has 0 N–H and O–H groups in total. The van der Waals surface area contributed by atoms with Crippen molar-refractivity contribution in [1.29, 1.82) is 0 Å². The first-order chi connectivity index (χ1) is 16.7. The summed E-state index contributed by atoms with van der Waals surface area (Å²) < 4.78 is 5.25. The molecule has 34 heavy (non-hydrogen) atoms. The Morgan fingerprint density at radius 3 is 2.03 bits per heavy atom. The third kappa shape index (κ3) is 4.22. The second-order valence-electron chi connectivity index (χ2n) is 7.92. The number of ether oxygens (including phenoxy) is 1. The maximum Gasteiger partial charge on any atom is 0.342 e. The lowest BCUT2D eigenvalue weighted by Gasteiger charge is -2.35. The summed E-state index contributed by atoms with van der Waals surface area (Å²) in [5, 5.41) is 19.5. The molecular weight excluding hydrogens is 448 g/mol. The molecule has 0 amide bonds. The van der Waals surface area contributed by atoms with Crippen LogP contribution in [0.4, 0.5) is 10.9 Å². The highest BCUT2D eigenvalue weighted by atomic mass is 32.1. The van der Waals surface area contributed by atoms with E-state index in [1.54, 1.807) is 11.3 Å². The molecule has 1 aliphatic heterocycles. The zero-order chi connectivity index (χ0) is 23.5. The monoisotopic (exact) mass is 472 g/mol. The first-order valence-electron chi connectivity index (χ1n) is 11.1. The molecule has 0 bridgehead atoms. The third-order valence-corrected chi connectivity index (χ3v) is 6.72. The molecule has 1 aliphatic rings. The number of nitrogens with zero attached hydrogens (tertiary/aromatic N) is 6. The van der Waals surface area contributed by atoms with Crippen molar-refractivity contribution < 1.29 is 9.53 Å². The molecule has 0 unspecified atom stereocenters. The van der Waals surface area contributed by atoms with Gasteiger partial charge in [0.2, 0.25) is 5.13 Å². The summed E-state index contributed by atoms with van der Waals surface area (Å²) in [7, 11) is 1.40. The van der Waals surface area contributed by atoms with Crippen molar-refractivity contribution in [1.82, 2.24) is 20.4 Å². The lowest BCUT2D eigenvalue weighted by molar-refractivity contribution is 0.0601. The fourth-order valence-electron chi connectivity index (χ4n) is 4.15. The molecule has 0 spiro atoms. The molecule has 0 saturated carbocycles. The molecule has 1 saturated heterocycles. The van der Waals surface area contributed by atoms with E-state index in [2.05, 4.69) is 30.2 Å². The lowest BCUT2D eigenvalue weighted by atomic mass is 9.94. The Balaban J connectivity index is 1.59. The summed E-state index contributed by atoms with van der Waals surface area (Å²) in [5.74, 6) is 0.113. The van der Waals surface area contributed by atoms with Gasteiger partial charge < -0.3 is 14.5 Å². The van der Waals surface area contributed by atoms with E-state index in [9.17, 15) is 4.79 Å². The summed E-state index contributed by atoms with van der Waals surface area (Å²) >= 11 is 1.59. The number of aromatic nitrogens is 4. The van der Waals surface area contributed by atoms with Gasteiger partial charge in [0.15, 0.2) is 5.82 Å². The Morgan fingerprint density at radius 1 is 0.824 bits per heavy atom.